The largest absolute Gasteiger partial charge is 0.489 e. The maximum atomic E-state index is 13.1. The Morgan fingerprint density at radius 1 is 1.10 bits per heavy atom. The van der Waals surface area contributed by atoms with Crippen LogP contribution in [0.25, 0.3) is 11.3 Å². The van der Waals surface area contributed by atoms with Crippen molar-refractivity contribution in [3.05, 3.63) is 53.7 Å². The summed E-state index contributed by atoms with van der Waals surface area (Å²) < 4.78 is 16.9. The van der Waals surface area contributed by atoms with E-state index in [9.17, 15) is 10.1 Å². The molecule has 6 heterocycles. The van der Waals surface area contributed by atoms with E-state index in [1.54, 1.807) is 30.5 Å². The summed E-state index contributed by atoms with van der Waals surface area (Å²) in [5.74, 6) is 1.88. The fourth-order valence-corrected chi connectivity index (χ4v) is 5.76. The molecule has 1 aromatic carbocycles. The Bertz CT molecular complexity index is 1440. The Morgan fingerprint density at radius 2 is 1.93 bits per heavy atom. The monoisotopic (exact) mass is 555 g/mol. The van der Waals surface area contributed by atoms with Crippen molar-refractivity contribution in [1.82, 2.24) is 25.2 Å². The molecule has 11 nitrogen and oxygen atoms in total. The summed E-state index contributed by atoms with van der Waals surface area (Å²) in [5.41, 5.74) is 2.23. The number of piperidine rings is 3. The van der Waals surface area contributed by atoms with Crippen molar-refractivity contribution in [1.29, 1.82) is 5.26 Å². The van der Waals surface area contributed by atoms with Crippen LogP contribution < -0.4 is 20.1 Å². The molecular formula is C30H33N7O4. The molecule has 3 aromatic rings. The van der Waals surface area contributed by atoms with Crippen LogP contribution in [-0.4, -0.2) is 77.9 Å². The summed E-state index contributed by atoms with van der Waals surface area (Å²) in [6.07, 6.45) is 5.52. The van der Waals surface area contributed by atoms with Gasteiger partial charge in [-0.3, -0.25) is 4.79 Å². The predicted molar refractivity (Wildman–Crippen MR) is 151 cm³/mol. The number of aromatic nitrogens is 3. The Kier molecular flexibility index (Phi) is 7.93. The van der Waals surface area contributed by atoms with E-state index >= 15 is 0 Å². The number of nitriles is 1. The van der Waals surface area contributed by atoms with Crippen LogP contribution in [0.5, 0.6) is 11.6 Å². The first-order chi connectivity index (χ1) is 20.1. The summed E-state index contributed by atoms with van der Waals surface area (Å²) in [6, 6.07) is 13.0. The van der Waals surface area contributed by atoms with Gasteiger partial charge >= 0.3 is 0 Å². The average molecular weight is 556 g/mol. The first kappa shape index (κ1) is 26.9. The van der Waals surface area contributed by atoms with E-state index in [0.29, 0.717) is 53.5 Å². The molecule has 4 aliphatic rings. The normalized spacial score (nSPS) is 22.0. The van der Waals surface area contributed by atoms with Crippen LogP contribution in [0.4, 0.5) is 11.8 Å². The molecule has 0 spiro atoms. The number of fused-ring (bicyclic) bond motifs is 3. The molecular weight excluding hydrogens is 522 g/mol. The van der Waals surface area contributed by atoms with Gasteiger partial charge in [-0.15, -0.1) is 0 Å². The minimum Gasteiger partial charge on any atom is -0.489 e. The fraction of sp³-hybridized carbons (Fsp3) is 0.433. The van der Waals surface area contributed by atoms with Gasteiger partial charge in [-0.05, 0) is 68.2 Å². The number of nitrogens with zero attached hydrogens (tertiary/aromatic N) is 5. The molecule has 41 heavy (non-hydrogen) atoms. The summed E-state index contributed by atoms with van der Waals surface area (Å²) in [5, 5.41) is 16.0. The van der Waals surface area contributed by atoms with Crippen LogP contribution in [0.1, 0.15) is 41.6 Å². The quantitative estimate of drug-likeness (QED) is 0.425. The fourth-order valence-electron chi connectivity index (χ4n) is 5.76. The lowest BCUT2D eigenvalue weighted by Gasteiger charge is -2.44. The first-order valence-electron chi connectivity index (χ1n) is 14.1. The zero-order valence-electron chi connectivity index (χ0n) is 23.0. The van der Waals surface area contributed by atoms with Gasteiger partial charge in [0.05, 0.1) is 31.6 Å². The third-order valence-corrected chi connectivity index (χ3v) is 8.02. The van der Waals surface area contributed by atoms with Crippen LogP contribution in [0.2, 0.25) is 0 Å². The Hall–Kier alpha value is -4.27. The maximum absolute atomic E-state index is 13.1. The Morgan fingerprint density at radius 3 is 2.66 bits per heavy atom. The van der Waals surface area contributed by atoms with E-state index in [-0.39, 0.29) is 23.9 Å². The molecule has 1 atom stereocenters. The zero-order chi connectivity index (χ0) is 28.2. The number of hydrogen-bond donors (Lipinski definition) is 2. The smallest absolute Gasteiger partial charge is 0.257 e. The van der Waals surface area contributed by atoms with E-state index < -0.39 is 0 Å². The number of rotatable bonds is 8. The molecule has 2 bridgehead atoms. The molecule has 0 saturated carbocycles. The zero-order valence-corrected chi connectivity index (χ0v) is 23.0. The standard InChI is InChI=1S/C30H33N7O4/c1-39-29-23(28(38)33-25-18-37-12-7-19(25)8-13-37)3-5-27(35-29)36-30-32-11-6-24(34-30)20-2-4-26(21(16-20)17-31)41-22-9-14-40-15-10-22/h2-6,11,16,19,22,25H,7-10,12-15,18H2,1H3,(H,33,38)(H,32,34,35,36). The number of benzene rings is 1. The minimum atomic E-state index is -0.185. The molecule has 7 rings (SSSR count). The first-order valence-corrected chi connectivity index (χ1v) is 14.1. The highest BCUT2D eigenvalue weighted by Gasteiger charge is 2.35. The third kappa shape index (κ3) is 6.09. The van der Waals surface area contributed by atoms with Gasteiger partial charge in [0.2, 0.25) is 11.8 Å². The number of hydrogen-bond acceptors (Lipinski definition) is 10. The second kappa shape index (κ2) is 12.1. The van der Waals surface area contributed by atoms with Gasteiger partial charge in [-0.1, -0.05) is 0 Å². The number of carbonyl (C=O) groups excluding carboxylic acids is 1. The molecule has 1 unspecified atom stereocenters. The van der Waals surface area contributed by atoms with Crippen LogP contribution in [-0.2, 0) is 4.74 Å². The lowest BCUT2D eigenvalue weighted by atomic mass is 9.84. The number of nitrogens with one attached hydrogen (secondary N) is 2. The Labute approximate surface area is 238 Å². The highest BCUT2D eigenvalue weighted by Crippen LogP contribution is 2.30. The Balaban J connectivity index is 1.15. The molecule has 4 saturated heterocycles. The third-order valence-electron chi connectivity index (χ3n) is 8.02. The van der Waals surface area contributed by atoms with Crippen molar-refractivity contribution in [3.63, 3.8) is 0 Å². The molecule has 4 aliphatic heterocycles. The van der Waals surface area contributed by atoms with Crippen molar-refractivity contribution < 1.29 is 19.0 Å². The van der Waals surface area contributed by atoms with Gasteiger partial charge < -0.3 is 29.7 Å². The molecule has 4 fully saturated rings. The van der Waals surface area contributed by atoms with Crippen molar-refractivity contribution in [2.24, 2.45) is 5.92 Å². The lowest BCUT2D eigenvalue weighted by Crippen LogP contribution is -2.57. The van der Waals surface area contributed by atoms with Crippen molar-refractivity contribution >= 4 is 17.7 Å². The minimum absolute atomic E-state index is 0.0406. The highest BCUT2D eigenvalue weighted by molar-refractivity contribution is 5.97. The molecule has 2 aromatic heterocycles. The van der Waals surface area contributed by atoms with E-state index in [4.69, 9.17) is 14.2 Å². The van der Waals surface area contributed by atoms with Gasteiger partial charge in [-0.2, -0.15) is 10.2 Å². The van der Waals surface area contributed by atoms with Gasteiger partial charge in [0.25, 0.3) is 5.91 Å². The summed E-state index contributed by atoms with van der Waals surface area (Å²) in [6.45, 7) is 4.44. The SMILES string of the molecule is COc1nc(Nc2nccc(-c3ccc(OC4CCOCC4)c(C#N)c3)n2)ccc1C(=O)NC1CN2CCC1CC2. The van der Waals surface area contributed by atoms with Crippen molar-refractivity contribution in [3.8, 4) is 29.0 Å². The lowest BCUT2D eigenvalue weighted by molar-refractivity contribution is 0.0254. The summed E-state index contributed by atoms with van der Waals surface area (Å²) in [7, 11) is 1.50. The number of methoxy groups -OCH3 is 1. The van der Waals surface area contributed by atoms with Crippen LogP contribution in [0.15, 0.2) is 42.6 Å². The number of ether oxygens (including phenoxy) is 3. The van der Waals surface area contributed by atoms with Gasteiger partial charge in [-0.25, -0.2) is 9.97 Å². The van der Waals surface area contributed by atoms with Crippen molar-refractivity contribution in [2.45, 2.75) is 37.8 Å². The van der Waals surface area contributed by atoms with Crippen LogP contribution >= 0.6 is 0 Å². The van der Waals surface area contributed by atoms with E-state index in [1.165, 1.54) is 7.11 Å². The number of pyridine rings is 1. The van der Waals surface area contributed by atoms with Crippen molar-refractivity contribution in [2.75, 3.05) is 45.3 Å². The van der Waals surface area contributed by atoms with Gasteiger partial charge in [0, 0.05) is 37.2 Å². The molecule has 11 heteroatoms. The van der Waals surface area contributed by atoms with E-state index in [1.807, 2.05) is 12.1 Å². The van der Waals surface area contributed by atoms with Crippen LogP contribution in [0.3, 0.4) is 0 Å². The van der Waals surface area contributed by atoms with Gasteiger partial charge in [0.15, 0.2) is 0 Å². The summed E-state index contributed by atoms with van der Waals surface area (Å²) >= 11 is 0. The molecule has 2 N–H and O–H groups in total. The number of amides is 1. The summed E-state index contributed by atoms with van der Waals surface area (Å²) in [4.78, 5) is 28.9. The topological polar surface area (TPSA) is 135 Å². The number of anilines is 2. The second-order valence-corrected chi connectivity index (χ2v) is 10.6. The predicted octanol–water partition coefficient (Wildman–Crippen LogP) is 3.54. The maximum Gasteiger partial charge on any atom is 0.257 e. The average Bonchev–Trinajstić information content (AvgIpc) is 3.02. The second-order valence-electron chi connectivity index (χ2n) is 10.6. The van der Waals surface area contributed by atoms with Gasteiger partial charge in [0.1, 0.15) is 29.3 Å². The molecule has 0 aliphatic carbocycles. The van der Waals surface area contributed by atoms with Crippen LogP contribution in [0, 0.1) is 17.2 Å². The molecule has 1 amide bonds. The van der Waals surface area contributed by atoms with E-state index in [2.05, 4.69) is 36.6 Å². The van der Waals surface area contributed by atoms with E-state index in [0.717, 1.165) is 50.9 Å². The highest BCUT2D eigenvalue weighted by atomic mass is 16.5. The molecule has 212 valence electrons. The number of carbonyl (C=O) groups is 1. The molecule has 0 radical (unpaired) electrons.